The van der Waals surface area contributed by atoms with Crippen LogP contribution >= 0.6 is 0 Å². The molecule has 0 spiro atoms. The first kappa shape index (κ1) is 21.1. The maximum absolute atomic E-state index is 12.7. The summed E-state index contributed by atoms with van der Waals surface area (Å²) >= 11 is 0. The second-order valence-electron chi connectivity index (χ2n) is 8.55. The van der Waals surface area contributed by atoms with Gasteiger partial charge in [0.15, 0.2) is 0 Å². The van der Waals surface area contributed by atoms with E-state index in [0.717, 1.165) is 19.6 Å². The summed E-state index contributed by atoms with van der Waals surface area (Å²) in [4.78, 5) is 43.3. The number of rotatable bonds is 5. The molecule has 1 saturated heterocycles. The summed E-state index contributed by atoms with van der Waals surface area (Å²) in [5.74, 6) is -0.359. The van der Waals surface area contributed by atoms with Crippen LogP contribution in [0.2, 0.25) is 0 Å². The van der Waals surface area contributed by atoms with E-state index < -0.39 is 0 Å². The van der Waals surface area contributed by atoms with E-state index in [1.165, 1.54) is 10.5 Å². The molecule has 2 aromatic rings. The largest absolute Gasteiger partial charge is 0.322 e. The van der Waals surface area contributed by atoms with E-state index in [-0.39, 0.29) is 23.8 Å². The molecule has 31 heavy (non-hydrogen) atoms. The first-order valence-electron chi connectivity index (χ1n) is 10.7. The highest BCUT2D eigenvalue weighted by atomic mass is 16.2. The SMILES string of the molecule is CC(C)CN1C(=O)c2ccc(NC(=O)N3CCN(Cc4ccccc4)CC3)cc2C1=O. The highest BCUT2D eigenvalue weighted by molar-refractivity contribution is 6.21. The van der Waals surface area contributed by atoms with Gasteiger partial charge in [-0.15, -0.1) is 0 Å². The van der Waals surface area contributed by atoms with Crippen LogP contribution in [0.3, 0.4) is 0 Å². The predicted octanol–water partition coefficient (Wildman–Crippen LogP) is 3.29. The number of nitrogens with zero attached hydrogens (tertiary/aromatic N) is 3. The van der Waals surface area contributed by atoms with Crippen LogP contribution in [0.15, 0.2) is 48.5 Å². The van der Waals surface area contributed by atoms with Gasteiger partial charge >= 0.3 is 6.03 Å². The number of urea groups is 1. The van der Waals surface area contributed by atoms with E-state index in [4.69, 9.17) is 0 Å². The Labute approximate surface area is 182 Å². The predicted molar refractivity (Wildman–Crippen MR) is 119 cm³/mol. The van der Waals surface area contributed by atoms with E-state index in [1.54, 1.807) is 23.1 Å². The number of fused-ring (bicyclic) bond motifs is 1. The Bertz CT molecular complexity index is 982. The summed E-state index contributed by atoms with van der Waals surface area (Å²) in [5, 5.41) is 2.88. The van der Waals surface area contributed by atoms with Crippen LogP contribution in [0.4, 0.5) is 10.5 Å². The van der Waals surface area contributed by atoms with Crippen molar-refractivity contribution in [2.75, 3.05) is 38.0 Å². The molecule has 0 atom stereocenters. The van der Waals surface area contributed by atoms with Crippen molar-refractivity contribution in [3.63, 3.8) is 0 Å². The molecule has 2 aliphatic heterocycles. The highest BCUT2D eigenvalue weighted by Gasteiger charge is 2.36. The molecule has 7 nitrogen and oxygen atoms in total. The number of carbonyl (C=O) groups is 3. The highest BCUT2D eigenvalue weighted by Crippen LogP contribution is 2.26. The fraction of sp³-hybridized carbons (Fsp3) is 0.375. The number of imide groups is 1. The van der Waals surface area contributed by atoms with E-state index in [9.17, 15) is 14.4 Å². The van der Waals surface area contributed by atoms with Crippen molar-refractivity contribution in [3.8, 4) is 0 Å². The van der Waals surface area contributed by atoms with Crippen molar-refractivity contribution in [1.29, 1.82) is 0 Å². The van der Waals surface area contributed by atoms with Crippen molar-refractivity contribution < 1.29 is 14.4 Å². The van der Waals surface area contributed by atoms with Gasteiger partial charge in [0.05, 0.1) is 11.1 Å². The van der Waals surface area contributed by atoms with Crippen molar-refractivity contribution in [2.45, 2.75) is 20.4 Å². The van der Waals surface area contributed by atoms with Gasteiger partial charge in [-0.3, -0.25) is 19.4 Å². The second-order valence-corrected chi connectivity index (χ2v) is 8.55. The molecule has 0 aliphatic carbocycles. The number of carbonyl (C=O) groups excluding carboxylic acids is 3. The lowest BCUT2D eigenvalue weighted by Gasteiger charge is -2.34. The molecule has 0 radical (unpaired) electrons. The number of nitrogens with one attached hydrogen (secondary N) is 1. The topological polar surface area (TPSA) is 73.0 Å². The molecule has 0 unspecified atom stereocenters. The average molecular weight is 421 g/mol. The maximum atomic E-state index is 12.7. The quantitative estimate of drug-likeness (QED) is 0.754. The fourth-order valence-corrected chi connectivity index (χ4v) is 4.05. The van der Waals surface area contributed by atoms with Crippen molar-refractivity contribution >= 4 is 23.5 Å². The third-order valence-electron chi connectivity index (χ3n) is 5.68. The van der Waals surface area contributed by atoms with Gasteiger partial charge in [-0.1, -0.05) is 44.2 Å². The minimum atomic E-state index is -0.292. The fourth-order valence-electron chi connectivity index (χ4n) is 4.05. The molecule has 0 saturated carbocycles. The molecular weight excluding hydrogens is 392 g/mol. The Morgan fingerprint density at radius 2 is 1.61 bits per heavy atom. The molecule has 4 rings (SSSR count). The summed E-state index contributed by atoms with van der Waals surface area (Å²) in [6, 6.07) is 15.1. The monoisotopic (exact) mass is 420 g/mol. The third-order valence-corrected chi connectivity index (χ3v) is 5.68. The van der Waals surface area contributed by atoms with Crippen molar-refractivity contribution in [2.24, 2.45) is 5.92 Å². The molecule has 162 valence electrons. The zero-order valence-electron chi connectivity index (χ0n) is 18.0. The van der Waals surface area contributed by atoms with Crippen molar-refractivity contribution in [1.82, 2.24) is 14.7 Å². The molecule has 4 amide bonds. The Morgan fingerprint density at radius 1 is 0.935 bits per heavy atom. The Balaban J connectivity index is 1.35. The second kappa shape index (κ2) is 8.89. The lowest BCUT2D eigenvalue weighted by Crippen LogP contribution is -2.49. The van der Waals surface area contributed by atoms with Gasteiger partial charge in [0.2, 0.25) is 0 Å². The number of piperazine rings is 1. The molecule has 2 heterocycles. The van der Waals surface area contributed by atoms with Gasteiger partial charge in [-0.2, -0.15) is 0 Å². The lowest BCUT2D eigenvalue weighted by molar-refractivity contribution is 0.0636. The molecule has 2 aromatic carbocycles. The van der Waals surface area contributed by atoms with Crippen LogP contribution < -0.4 is 5.32 Å². The standard InChI is InChI=1S/C24H28N4O3/c1-17(2)15-28-22(29)20-9-8-19(14-21(20)23(28)30)25-24(31)27-12-10-26(11-13-27)16-18-6-4-3-5-7-18/h3-9,14,17H,10-13,15-16H2,1-2H3,(H,25,31). The van der Waals surface area contributed by atoms with Gasteiger partial charge in [-0.25, -0.2) is 4.79 Å². The van der Waals surface area contributed by atoms with Crippen LogP contribution in [0, 0.1) is 5.92 Å². The van der Waals surface area contributed by atoms with Crippen LogP contribution in [0.5, 0.6) is 0 Å². The van der Waals surface area contributed by atoms with E-state index >= 15 is 0 Å². The van der Waals surface area contributed by atoms with E-state index in [1.807, 2.05) is 32.0 Å². The molecular formula is C24H28N4O3. The Kier molecular flexibility index (Phi) is 6.04. The molecule has 1 fully saturated rings. The van der Waals surface area contributed by atoms with Gasteiger partial charge in [-0.05, 0) is 29.7 Å². The van der Waals surface area contributed by atoms with Crippen molar-refractivity contribution in [3.05, 3.63) is 65.2 Å². The van der Waals surface area contributed by atoms with E-state index in [2.05, 4.69) is 22.3 Å². The van der Waals surface area contributed by atoms with Crippen LogP contribution in [0.25, 0.3) is 0 Å². The van der Waals surface area contributed by atoms with Gasteiger partial charge in [0.1, 0.15) is 0 Å². The summed E-state index contributed by atoms with van der Waals surface area (Å²) in [6.45, 7) is 8.11. The number of hydrogen-bond acceptors (Lipinski definition) is 4. The van der Waals surface area contributed by atoms with Gasteiger partial charge < -0.3 is 10.2 Å². The summed E-state index contributed by atoms with van der Waals surface area (Å²) < 4.78 is 0. The average Bonchev–Trinajstić information content (AvgIpc) is 2.99. The number of hydrogen-bond donors (Lipinski definition) is 1. The molecule has 1 N–H and O–H groups in total. The number of anilines is 1. The Morgan fingerprint density at radius 3 is 2.29 bits per heavy atom. The number of amides is 4. The van der Waals surface area contributed by atoms with Crippen LogP contribution in [-0.2, 0) is 6.54 Å². The maximum Gasteiger partial charge on any atom is 0.321 e. The first-order chi connectivity index (χ1) is 14.9. The number of benzene rings is 2. The molecule has 0 aromatic heterocycles. The minimum absolute atomic E-state index is 0.185. The minimum Gasteiger partial charge on any atom is -0.322 e. The summed E-state index contributed by atoms with van der Waals surface area (Å²) in [5.41, 5.74) is 2.56. The molecule has 0 bridgehead atoms. The summed E-state index contributed by atoms with van der Waals surface area (Å²) in [6.07, 6.45) is 0. The zero-order valence-corrected chi connectivity index (χ0v) is 18.0. The normalized spacial score (nSPS) is 16.7. The van der Waals surface area contributed by atoms with Crippen LogP contribution in [0.1, 0.15) is 40.1 Å². The smallest absolute Gasteiger partial charge is 0.321 e. The zero-order chi connectivity index (χ0) is 22.0. The van der Waals surface area contributed by atoms with Gasteiger partial charge in [0.25, 0.3) is 11.8 Å². The van der Waals surface area contributed by atoms with Crippen LogP contribution in [-0.4, -0.2) is 65.3 Å². The lowest BCUT2D eigenvalue weighted by atomic mass is 10.1. The third kappa shape index (κ3) is 4.61. The van der Waals surface area contributed by atoms with E-state index in [0.29, 0.717) is 36.4 Å². The van der Waals surface area contributed by atoms with Gasteiger partial charge in [0, 0.05) is 45.0 Å². The molecule has 2 aliphatic rings. The Hall–Kier alpha value is -3.19. The first-order valence-corrected chi connectivity index (χ1v) is 10.7. The molecule has 7 heteroatoms. The summed E-state index contributed by atoms with van der Waals surface area (Å²) in [7, 11) is 0.